The van der Waals surface area contributed by atoms with Crippen LogP contribution in [-0.2, 0) is 0 Å². The van der Waals surface area contributed by atoms with E-state index in [4.69, 9.17) is 7.85 Å². The van der Waals surface area contributed by atoms with Gasteiger partial charge < -0.3 is 0 Å². The largest absolute Gasteiger partial charge is 0.113 e. The van der Waals surface area contributed by atoms with Crippen LogP contribution < -0.4 is 15.9 Å². The van der Waals surface area contributed by atoms with Gasteiger partial charge >= 0.3 is 0 Å². The van der Waals surface area contributed by atoms with E-state index in [2.05, 4.69) is 28.1 Å². The lowest BCUT2D eigenvalue weighted by atomic mass is 9.93. The second-order valence-corrected chi connectivity index (χ2v) is 3.95. The highest BCUT2D eigenvalue weighted by atomic mass is 79.9. The first-order valence-corrected chi connectivity index (χ1v) is 5.81. The maximum Gasteiger partial charge on any atom is 0.113 e. The smallest absolute Gasteiger partial charge is 0.0960 e. The van der Waals surface area contributed by atoms with E-state index >= 15 is 0 Å². The molecule has 2 heteroatoms. The van der Waals surface area contributed by atoms with Gasteiger partial charge in [0.15, 0.2) is 0 Å². The van der Waals surface area contributed by atoms with Crippen LogP contribution in [0.5, 0.6) is 0 Å². The van der Waals surface area contributed by atoms with Crippen molar-refractivity contribution >= 4 is 39.8 Å². The van der Waals surface area contributed by atoms with E-state index in [9.17, 15) is 0 Å². The van der Waals surface area contributed by atoms with Gasteiger partial charge in [0, 0.05) is 4.48 Å². The van der Waals surface area contributed by atoms with Gasteiger partial charge in [-0.05, 0) is 23.3 Å². The highest BCUT2D eigenvalue weighted by Gasteiger charge is 2.00. The summed E-state index contributed by atoms with van der Waals surface area (Å²) in [5.74, 6) is 0. The average molecular weight is 249 g/mol. The van der Waals surface area contributed by atoms with Crippen molar-refractivity contribution in [3.8, 4) is 0 Å². The lowest BCUT2D eigenvalue weighted by molar-refractivity contribution is 1.11. The molecule has 0 spiro atoms. The third-order valence-electron chi connectivity index (χ3n) is 2.10. The summed E-state index contributed by atoms with van der Waals surface area (Å²) in [6, 6.07) is 6.04. The summed E-state index contributed by atoms with van der Waals surface area (Å²) in [5, 5.41) is 2.54. The third-order valence-corrected chi connectivity index (χ3v) is 2.92. The maximum absolute atomic E-state index is 5.70. The van der Waals surface area contributed by atoms with Gasteiger partial charge in [-0.3, -0.25) is 0 Å². The van der Waals surface area contributed by atoms with Crippen molar-refractivity contribution in [2.45, 2.75) is 26.7 Å². The molecule has 0 atom stereocenters. The van der Waals surface area contributed by atoms with Crippen LogP contribution in [0.15, 0.2) is 18.2 Å². The summed E-state index contributed by atoms with van der Waals surface area (Å²) < 4.78 is 1.27. The lowest BCUT2D eigenvalue weighted by Gasteiger charge is -2.04. The van der Waals surface area contributed by atoms with Crippen LogP contribution in [0.2, 0.25) is 0 Å². The van der Waals surface area contributed by atoms with Crippen LogP contribution in [0, 0.1) is 0 Å². The molecule has 0 bridgehead atoms. The van der Waals surface area contributed by atoms with E-state index in [0.29, 0.717) is 0 Å². The van der Waals surface area contributed by atoms with Crippen LogP contribution >= 0.6 is 15.9 Å². The molecule has 72 valence electrons. The molecular weight excluding hydrogens is 235 g/mol. The topological polar surface area (TPSA) is 0 Å². The Morgan fingerprint density at radius 2 is 2.00 bits per heavy atom. The summed E-state index contributed by atoms with van der Waals surface area (Å²) in [6.07, 6.45) is 4.47. The van der Waals surface area contributed by atoms with E-state index in [1.54, 1.807) is 0 Å². The van der Waals surface area contributed by atoms with E-state index in [1.165, 1.54) is 14.9 Å². The molecule has 1 aromatic carbocycles. The minimum absolute atomic E-state index is 0.834. The van der Waals surface area contributed by atoms with E-state index in [-0.39, 0.29) is 0 Å². The van der Waals surface area contributed by atoms with Crippen molar-refractivity contribution in [3.63, 3.8) is 0 Å². The van der Waals surface area contributed by atoms with Crippen LogP contribution in [0.1, 0.15) is 26.7 Å². The standard InChI is InChI=1S/C10H8BBr.C2H6/c11-8-5-4-7-2-1-3-10(12)9(7)6-8;1-2/h2,4-6H,1,3H2;1-2H3. The number of rotatable bonds is 0. The fraction of sp³-hybridized carbons (Fsp3) is 0.333. The average Bonchev–Trinajstić information content (AvgIpc) is 2.22. The summed E-state index contributed by atoms with van der Waals surface area (Å²) in [7, 11) is 5.70. The number of hydrogen-bond acceptors (Lipinski definition) is 0. The van der Waals surface area contributed by atoms with Crippen LogP contribution in [-0.4, -0.2) is 7.85 Å². The van der Waals surface area contributed by atoms with Crippen molar-refractivity contribution < 1.29 is 0 Å². The molecule has 0 N–H and O–H groups in total. The zero-order chi connectivity index (χ0) is 10.6. The van der Waals surface area contributed by atoms with Crippen molar-refractivity contribution in [1.29, 1.82) is 0 Å². The second kappa shape index (κ2) is 5.40. The van der Waals surface area contributed by atoms with Gasteiger partial charge in [0.25, 0.3) is 0 Å². The molecule has 2 rings (SSSR count). The van der Waals surface area contributed by atoms with Crippen LogP contribution in [0.25, 0.3) is 10.6 Å². The first-order valence-electron chi connectivity index (χ1n) is 5.02. The van der Waals surface area contributed by atoms with Crippen LogP contribution in [0.3, 0.4) is 0 Å². The highest BCUT2D eigenvalue weighted by molar-refractivity contribution is 9.14. The first-order chi connectivity index (χ1) is 6.77. The third kappa shape index (κ3) is 2.51. The molecule has 0 aromatic heterocycles. The molecule has 0 aliphatic heterocycles. The Kier molecular flexibility index (Phi) is 4.47. The fourth-order valence-electron chi connectivity index (χ4n) is 1.48. The second-order valence-electron chi connectivity index (χ2n) is 2.99. The Morgan fingerprint density at radius 1 is 1.29 bits per heavy atom. The molecule has 0 heterocycles. The van der Waals surface area contributed by atoms with Crippen molar-refractivity contribution in [2.75, 3.05) is 0 Å². The zero-order valence-corrected chi connectivity index (χ0v) is 10.3. The number of hydrogen-bond donors (Lipinski definition) is 0. The summed E-state index contributed by atoms with van der Waals surface area (Å²) in [5.41, 5.74) is 0.834. The summed E-state index contributed by atoms with van der Waals surface area (Å²) >= 11 is 3.56. The number of fused-ring (bicyclic) bond motifs is 1. The molecule has 0 unspecified atom stereocenters. The van der Waals surface area contributed by atoms with Crippen molar-refractivity contribution in [2.24, 2.45) is 0 Å². The molecule has 0 saturated carbocycles. The molecule has 0 nitrogen and oxygen atoms in total. The minimum Gasteiger partial charge on any atom is -0.0960 e. The Hall–Kier alpha value is -0.495. The van der Waals surface area contributed by atoms with Gasteiger partial charge in [-0.15, -0.1) is 0 Å². The van der Waals surface area contributed by atoms with E-state index in [0.717, 1.165) is 18.3 Å². The fourth-order valence-corrected chi connectivity index (χ4v) is 2.05. The Bertz CT molecular complexity index is 420. The molecule has 0 amide bonds. The molecule has 0 saturated heterocycles. The summed E-state index contributed by atoms with van der Waals surface area (Å²) in [4.78, 5) is 0. The molecule has 0 fully saturated rings. The highest BCUT2D eigenvalue weighted by Crippen LogP contribution is 2.13. The molecule has 1 aromatic rings. The quantitative estimate of drug-likeness (QED) is 0.612. The van der Waals surface area contributed by atoms with Gasteiger partial charge in [-0.2, -0.15) is 0 Å². The van der Waals surface area contributed by atoms with Gasteiger partial charge in [-0.25, -0.2) is 0 Å². The van der Waals surface area contributed by atoms with Gasteiger partial charge in [0.05, 0.1) is 0 Å². The summed E-state index contributed by atoms with van der Waals surface area (Å²) in [6.45, 7) is 4.00. The molecule has 14 heavy (non-hydrogen) atoms. The zero-order valence-electron chi connectivity index (χ0n) is 8.68. The predicted molar refractivity (Wildman–Crippen MR) is 68.5 cm³/mol. The Balaban J connectivity index is 0.000000461. The Morgan fingerprint density at radius 3 is 2.71 bits per heavy atom. The monoisotopic (exact) mass is 248 g/mol. The number of benzene rings is 1. The van der Waals surface area contributed by atoms with Crippen molar-refractivity contribution in [1.82, 2.24) is 0 Å². The number of halogens is 1. The lowest BCUT2D eigenvalue weighted by Crippen LogP contribution is -2.31. The molecule has 1 aliphatic rings. The first kappa shape index (κ1) is 11.6. The van der Waals surface area contributed by atoms with Crippen molar-refractivity contribution in [3.05, 3.63) is 28.6 Å². The molecular formula is C12H14BBr. The Labute approximate surface area is 95.3 Å². The van der Waals surface area contributed by atoms with E-state index < -0.39 is 0 Å². The SMILES string of the molecule is CC.[B]c1ccc2c(c1)=C(Br)CCC=2. The molecule has 1 aliphatic carbocycles. The molecule has 2 radical (unpaired) electrons. The van der Waals surface area contributed by atoms with Gasteiger partial charge in [0.1, 0.15) is 7.85 Å². The van der Waals surface area contributed by atoms with Crippen LogP contribution in [0.4, 0.5) is 0 Å². The maximum atomic E-state index is 5.70. The van der Waals surface area contributed by atoms with Gasteiger partial charge in [0.2, 0.25) is 0 Å². The van der Waals surface area contributed by atoms with Gasteiger partial charge in [-0.1, -0.05) is 59.5 Å². The minimum atomic E-state index is 0.834. The van der Waals surface area contributed by atoms with E-state index in [1.807, 2.05) is 26.0 Å². The predicted octanol–water partition coefficient (Wildman–Crippen LogP) is 1.58. The normalized spacial score (nSPS) is 13.5.